The topological polar surface area (TPSA) is 54.5 Å². The minimum Gasteiger partial charge on any atom is -0.481 e. The molecule has 1 saturated heterocycles. The van der Waals surface area contributed by atoms with Gasteiger partial charge >= 0.3 is 0 Å². The molecule has 1 aliphatic heterocycles. The third kappa shape index (κ3) is 4.42. The van der Waals surface area contributed by atoms with E-state index in [0.29, 0.717) is 16.5 Å². The number of nitrogens with zero attached hydrogens (tertiary/aromatic N) is 2. The van der Waals surface area contributed by atoms with Crippen molar-refractivity contribution in [3.05, 3.63) is 47.1 Å². The summed E-state index contributed by atoms with van der Waals surface area (Å²) in [5, 5.41) is 3.48. The van der Waals surface area contributed by atoms with Crippen molar-refractivity contribution >= 4 is 29.0 Å². The summed E-state index contributed by atoms with van der Waals surface area (Å²) < 4.78 is 5.74. The van der Waals surface area contributed by atoms with Crippen LogP contribution in [-0.2, 0) is 4.79 Å². The van der Waals surface area contributed by atoms with Crippen LogP contribution in [0.1, 0.15) is 25.3 Å². The highest BCUT2D eigenvalue weighted by Gasteiger charge is 2.17. The molecule has 0 radical (unpaired) electrons. The predicted molar refractivity (Wildman–Crippen MR) is 101 cm³/mol. The highest BCUT2D eigenvalue weighted by Crippen LogP contribution is 2.23. The molecule has 132 valence electrons. The Morgan fingerprint density at radius 3 is 2.68 bits per heavy atom. The largest absolute Gasteiger partial charge is 0.481 e. The summed E-state index contributed by atoms with van der Waals surface area (Å²) in [5.41, 5.74) is 1.56. The Balaban J connectivity index is 1.59. The summed E-state index contributed by atoms with van der Waals surface area (Å²) in [4.78, 5) is 19.0. The van der Waals surface area contributed by atoms with Crippen molar-refractivity contribution in [1.29, 1.82) is 0 Å². The number of aryl methyl sites for hydroxylation is 1. The first-order valence-corrected chi connectivity index (χ1v) is 8.85. The van der Waals surface area contributed by atoms with Gasteiger partial charge in [-0.2, -0.15) is 0 Å². The second-order valence-electron chi connectivity index (χ2n) is 6.26. The fourth-order valence-corrected chi connectivity index (χ4v) is 3.05. The molecule has 6 heteroatoms. The van der Waals surface area contributed by atoms with Crippen LogP contribution in [-0.4, -0.2) is 30.1 Å². The Bertz CT molecular complexity index is 743. The lowest BCUT2D eigenvalue weighted by atomic mass is 10.2. The van der Waals surface area contributed by atoms with Gasteiger partial charge in [-0.1, -0.05) is 11.6 Å². The Morgan fingerprint density at radius 2 is 2.04 bits per heavy atom. The van der Waals surface area contributed by atoms with Gasteiger partial charge in [0, 0.05) is 18.1 Å². The van der Waals surface area contributed by atoms with Gasteiger partial charge in [-0.3, -0.25) is 4.79 Å². The van der Waals surface area contributed by atoms with Gasteiger partial charge in [0.2, 0.25) is 0 Å². The first-order valence-electron chi connectivity index (χ1n) is 8.47. The van der Waals surface area contributed by atoms with E-state index in [1.54, 1.807) is 25.3 Å². The van der Waals surface area contributed by atoms with Crippen molar-refractivity contribution in [1.82, 2.24) is 4.98 Å². The van der Waals surface area contributed by atoms with Crippen LogP contribution in [0, 0.1) is 6.92 Å². The maximum atomic E-state index is 12.3. The molecule has 1 amide bonds. The second-order valence-corrected chi connectivity index (χ2v) is 6.69. The van der Waals surface area contributed by atoms with Crippen LogP contribution in [0.5, 0.6) is 5.75 Å². The zero-order valence-corrected chi connectivity index (χ0v) is 15.2. The number of hydrogen-bond acceptors (Lipinski definition) is 4. The number of pyridine rings is 1. The molecule has 1 atom stereocenters. The normalized spacial score (nSPS) is 15.1. The first-order chi connectivity index (χ1) is 12.0. The average molecular weight is 360 g/mol. The molecule has 0 bridgehead atoms. The maximum Gasteiger partial charge on any atom is 0.265 e. The van der Waals surface area contributed by atoms with Crippen LogP contribution in [0.15, 0.2) is 36.5 Å². The van der Waals surface area contributed by atoms with Gasteiger partial charge in [-0.15, -0.1) is 0 Å². The number of amides is 1. The van der Waals surface area contributed by atoms with Crippen LogP contribution in [0.3, 0.4) is 0 Å². The quantitative estimate of drug-likeness (QED) is 0.875. The fraction of sp³-hybridized carbons (Fsp3) is 0.368. The number of ether oxygens (including phenoxy) is 1. The molecule has 25 heavy (non-hydrogen) atoms. The number of anilines is 2. The van der Waals surface area contributed by atoms with E-state index in [0.717, 1.165) is 24.5 Å². The van der Waals surface area contributed by atoms with Gasteiger partial charge in [0.15, 0.2) is 6.10 Å². The summed E-state index contributed by atoms with van der Waals surface area (Å²) in [6.45, 7) is 5.70. The van der Waals surface area contributed by atoms with Gasteiger partial charge in [0.1, 0.15) is 11.6 Å². The van der Waals surface area contributed by atoms with Crippen molar-refractivity contribution in [2.45, 2.75) is 32.8 Å². The van der Waals surface area contributed by atoms with Gasteiger partial charge in [0.05, 0.1) is 11.9 Å². The fourth-order valence-electron chi connectivity index (χ4n) is 2.83. The summed E-state index contributed by atoms with van der Waals surface area (Å²) >= 11 is 5.94. The third-order valence-electron chi connectivity index (χ3n) is 4.26. The Kier molecular flexibility index (Phi) is 5.43. The molecule has 2 heterocycles. The molecule has 5 nitrogen and oxygen atoms in total. The van der Waals surface area contributed by atoms with Crippen LogP contribution in [0.25, 0.3) is 0 Å². The zero-order valence-electron chi connectivity index (χ0n) is 14.5. The molecule has 1 unspecified atom stereocenters. The van der Waals surface area contributed by atoms with Crippen molar-refractivity contribution in [2.75, 3.05) is 23.3 Å². The highest BCUT2D eigenvalue weighted by molar-refractivity contribution is 6.30. The van der Waals surface area contributed by atoms with Crippen LogP contribution in [0.2, 0.25) is 5.02 Å². The number of aromatic nitrogens is 1. The predicted octanol–water partition coefficient (Wildman–Crippen LogP) is 4.05. The SMILES string of the molecule is Cc1cc(Cl)ccc1OC(C)C(=O)Nc1ccc(N2CCCC2)nc1. The van der Waals surface area contributed by atoms with Gasteiger partial charge < -0.3 is 15.0 Å². The van der Waals surface area contributed by atoms with E-state index in [-0.39, 0.29) is 5.91 Å². The monoisotopic (exact) mass is 359 g/mol. The average Bonchev–Trinajstić information content (AvgIpc) is 3.12. The lowest BCUT2D eigenvalue weighted by Gasteiger charge is -2.18. The number of carbonyl (C=O) groups excluding carboxylic acids is 1. The van der Waals surface area contributed by atoms with Crippen LogP contribution in [0.4, 0.5) is 11.5 Å². The van der Waals surface area contributed by atoms with Crippen LogP contribution >= 0.6 is 11.6 Å². The van der Waals surface area contributed by atoms with Crippen LogP contribution < -0.4 is 15.0 Å². The summed E-state index contributed by atoms with van der Waals surface area (Å²) in [6.07, 6.45) is 3.47. The number of halogens is 1. The molecule has 0 saturated carbocycles. The van der Waals surface area contributed by atoms with E-state index in [2.05, 4.69) is 15.2 Å². The highest BCUT2D eigenvalue weighted by atomic mass is 35.5. The molecule has 1 aliphatic rings. The maximum absolute atomic E-state index is 12.3. The van der Waals surface area contributed by atoms with E-state index in [4.69, 9.17) is 16.3 Å². The van der Waals surface area contributed by atoms with Crippen molar-refractivity contribution in [2.24, 2.45) is 0 Å². The Labute approximate surface area is 153 Å². The minimum atomic E-state index is -0.627. The lowest BCUT2D eigenvalue weighted by Crippen LogP contribution is -2.30. The zero-order chi connectivity index (χ0) is 17.8. The molecule has 1 aromatic carbocycles. The molecular weight excluding hydrogens is 338 g/mol. The molecule has 0 aliphatic carbocycles. The molecule has 1 N–H and O–H groups in total. The van der Waals surface area contributed by atoms with E-state index < -0.39 is 6.10 Å². The standard InChI is InChI=1S/C19H22ClN3O2/c1-13-11-15(20)5-7-17(13)25-14(2)19(24)22-16-6-8-18(21-12-16)23-9-3-4-10-23/h5-8,11-12,14H,3-4,9-10H2,1-2H3,(H,22,24). The number of carbonyl (C=O) groups is 1. The lowest BCUT2D eigenvalue weighted by molar-refractivity contribution is -0.122. The Morgan fingerprint density at radius 1 is 1.28 bits per heavy atom. The number of rotatable bonds is 5. The minimum absolute atomic E-state index is 0.218. The molecular formula is C19H22ClN3O2. The second kappa shape index (κ2) is 7.74. The first kappa shape index (κ1) is 17.5. The molecule has 1 fully saturated rings. The number of nitrogens with one attached hydrogen (secondary N) is 1. The summed E-state index contributed by atoms with van der Waals surface area (Å²) in [6, 6.07) is 9.14. The van der Waals surface area contributed by atoms with Crippen molar-refractivity contribution in [3.63, 3.8) is 0 Å². The number of hydrogen-bond donors (Lipinski definition) is 1. The van der Waals surface area contributed by atoms with E-state index >= 15 is 0 Å². The Hall–Kier alpha value is -2.27. The van der Waals surface area contributed by atoms with E-state index in [1.807, 2.05) is 25.1 Å². The summed E-state index contributed by atoms with van der Waals surface area (Å²) in [7, 11) is 0. The van der Waals surface area contributed by atoms with Gasteiger partial charge in [-0.25, -0.2) is 4.98 Å². The van der Waals surface area contributed by atoms with E-state index in [1.165, 1.54) is 12.8 Å². The van der Waals surface area contributed by atoms with Gasteiger partial charge in [0.25, 0.3) is 5.91 Å². The molecule has 3 rings (SSSR count). The van der Waals surface area contributed by atoms with E-state index in [9.17, 15) is 4.79 Å². The molecule has 2 aromatic rings. The molecule has 1 aromatic heterocycles. The molecule has 0 spiro atoms. The third-order valence-corrected chi connectivity index (χ3v) is 4.49. The number of benzene rings is 1. The smallest absolute Gasteiger partial charge is 0.265 e. The van der Waals surface area contributed by atoms with Gasteiger partial charge in [-0.05, 0) is 62.6 Å². The van der Waals surface area contributed by atoms with Crippen molar-refractivity contribution in [3.8, 4) is 5.75 Å². The summed E-state index contributed by atoms with van der Waals surface area (Å²) in [5.74, 6) is 1.39. The van der Waals surface area contributed by atoms with Crippen molar-refractivity contribution < 1.29 is 9.53 Å².